The topological polar surface area (TPSA) is 82.8 Å². The van der Waals surface area contributed by atoms with Gasteiger partial charge in [0.25, 0.3) is 0 Å². The smallest absolute Gasteiger partial charge is 0.496 e. The predicted molar refractivity (Wildman–Crippen MR) is 80.6 cm³/mol. The van der Waals surface area contributed by atoms with Gasteiger partial charge in [0.1, 0.15) is 5.75 Å². The van der Waals surface area contributed by atoms with Crippen molar-refractivity contribution in [2.45, 2.75) is 5.51 Å². The van der Waals surface area contributed by atoms with Crippen molar-refractivity contribution >= 4 is 15.6 Å². The van der Waals surface area contributed by atoms with Crippen LogP contribution in [0.4, 0.5) is 13.2 Å². The molecule has 0 N–H and O–H groups in total. The van der Waals surface area contributed by atoms with Gasteiger partial charge in [-0.25, -0.2) is 4.52 Å². The summed E-state index contributed by atoms with van der Waals surface area (Å²) in [6, 6.07) is 9.21. The number of fused-ring (bicyclic) bond motifs is 1. The first-order chi connectivity index (χ1) is 11.7. The lowest BCUT2D eigenvalue weighted by Gasteiger charge is -2.10. The van der Waals surface area contributed by atoms with Gasteiger partial charge in [-0.15, -0.1) is 5.10 Å². The Morgan fingerprint density at radius 3 is 2.52 bits per heavy atom. The molecule has 25 heavy (non-hydrogen) atoms. The molecule has 132 valence electrons. The van der Waals surface area contributed by atoms with Gasteiger partial charge in [-0.2, -0.15) is 26.6 Å². The quantitative estimate of drug-likeness (QED) is 0.517. The molecule has 0 unspecified atom stereocenters. The van der Waals surface area contributed by atoms with E-state index in [2.05, 4.69) is 14.3 Å². The first-order valence-electron chi connectivity index (χ1n) is 6.72. The van der Waals surface area contributed by atoms with Crippen molar-refractivity contribution in [3.8, 4) is 23.0 Å². The molecule has 0 aliphatic carbocycles. The van der Waals surface area contributed by atoms with Gasteiger partial charge in [0, 0.05) is 5.56 Å². The van der Waals surface area contributed by atoms with Crippen LogP contribution in [0.15, 0.2) is 42.6 Å². The second-order valence-corrected chi connectivity index (χ2v) is 6.32. The van der Waals surface area contributed by atoms with Crippen LogP contribution in [0.25, 0.3) is 16.8 Å². The summed E-state index contributed by atoms with van der Waals surface area (Å²) in [6.45, 7) is 0. The van der Waals surface area contributed by atoms with Gasteiger partial charge in [-0.05, 0) is 24.3 Å². The number of methoxy groups -OCH3 is 1. The molecule has 3 aromatic rings. The number of hydrogen-bond acceptors (Lipinski definition) is 6. The number of hydrogen-bond donors (Lipinski definition) is 0. The van der Waals surface area contributed by atoms with Gasteiger partial charge in [0.15, 0.2) is 0 Å². The number of benzene rings is 1. The first kappa shape index (κ1) is 17.0. The maximum absolute atomic E-state index is 12.4. The predicted octanol–water partition coefficient (Wildman–Crippen LogP) is 2.63. The normalized spacial score (nSPS) is 12.3. The summed E-state index contributed by atoms with van der Waals surface area (Å²) in [5.41, 5.74) is -4.08. The third-order valence-corrected chi connectivity index (χ3v) is 4.16. The summed E-state index contributed by atoms with van der Waals surface area (Å²) in [5, 5.41) is 3.73. The molecule has 0 saturated carbocycles. The van der Waals surface area contributed by atoms with E-state index in [4.69, 9.17) is 4.74 Å². The summed E-state index contributed by atoms with van der Waals surface area (Å²) in [7, 11) is -4.39. The van der Waals surface area contributed by atoms with Crippen LogP contribution in [0.2, 0.25) is 0 Å². The first-order valence-corrected chi connectivity index (χ1v) is 8.13. The highest BCUT2D eigenvalue weighted by atomic mass is 32.2. The van der Waals surface area contributed by atoms with Crippen molar-refractivity contribution in [1.82, 2.24) is 14.6 Å². The molecule has 0 fully saturated rings. The van der Waals surface area contributed by atoms with E-state index in [9.17, 15) is 21.6 Å². The van der Waals surface area contributed by atoms with E-state index in [1.54, 1.807) is 36.4 Å². The lowest BCUT2D eigenvalue weighted by molar-refractivity contribution is -0.0503. The van der Waals surface area contributed by atoms with E-state index in [1.165, 1.54) is 11.6 Å². The van der Waals surface area contributed by atoms with Gasteiger partial charge in [0.2, 0.25) is 0 Å². The number of halogens is 3. The van der Waals surface area contributed by atoms with E-state index in [0.29, 0.717) is 22.5 Å². The van der Waals surface area contributed by atoms with Crippen molar-refractivity contribution in [3.63, 3.8) is 0 Å². The summed E-state index contributed by atoms with van der Waals surface area (Å²) in [6.07, 6.45) is 1.15. The Balaban J connectivity index is 2.10. The van der Waals surface area contributed by atoms with Crippen LogP contribution in [0.3, 0.4) is 0 Å². The summed E-state index contributed by atoms with van der Waals surface area (Å²) in [4.78, 5) is 3.49. The van der Waals surface area contributed by atoms with E-state index >= 15 is 0 Å². The number of nitrogens with zero attached hydrogens (tertiary/aromatic N) is 3. The lowest BCUT2D eigenvalue weighted by atomic mass is 10.1. The van der Waals surface area contributed by atoms with Crippen molar-refractivity contribution in [1.29, 1.82) is 0 Å². The van der Waals surface area contributed by atoms with Gasteiger partial charge in [-0.1, -0.05) is 12.1 Å². The number of aromatic nitrogens is 3. The number of ether oxygens (including phenoxy) is 1. The van der Waals surface area contributed by atoms with E-state index in [0.717, 1.165) is 6.20 Å². The van der Waals surface area contributed by atoms with Crippen molar-refractivity contribution in [2.75, 3.05) is 7.11 Å². The minimum absolute atomic E-state index is 0.428. The number of rotatable bonds is 4. The molecule has 2 heterocycles. The SMILES string of the molecule is COc1ccccc1-c1ccc2cnc(OS(=O)(=O)C(F)(F)F)nn12. The van der Waals surface area contributed by atoms with Crippen LogP contribution >= 0.6 is 0 Å². The molecule has 2 aromatic heterocycles. The second-order valence-electron chi connectivity index (χ2n) is 4.78. The molecule has 0 spiro atoms. The van der Waals surface area contributed by atoms with Gasteiger partial charge in [-0.3, -0.25) is 0 Å². The Kier molecular flexibility index (Phi) is 4.03. The Bertz CT molecular complexity index is 1030. The van der Waals surface area contributed by atoms with E-state index in [-0.39, 0.29) is 0 Å². The average Bonchev–Trinajstić information content (AvgIpc) is 2.96. The molecule has 1 aromatic carbocycles. The molecule has 0 aliphatic rings. The number of para-hydroxylation sites is 1. The fourth-order valence-corrected chi connectivity index (χ4v) is 2.50. The van der Waals surface area contributed by atoms with Crippen LogP contribution < -0.4 is 8.92 Å². The van der Waals surface area contributed by atoms with Crippen LogP contribution in [0.1, 0.15) is 0 Å². The molecule has 7 nitrogen and oxygen atoms in total. The molecule has 11 heteroatoms. The minimum atomic E-state index is -5.86. The zero-order valence-corrected chi connectivity index (χ0v) is 13.4. The third-order valence-electron chi connectivity index (χ3n) is 3.23. The monoisotopic (exact) mass is 373 g/mol. The van der Waals surface area contributed by atoms with E-state index < -0.39 is 21.6 Å². The number of alkyl halides is 3. The maximum Gasteiger partial charge on any atom is 0.534 e. The Labute approximate surface area is 139 Å². The molecule has 0 bridgehead atoms. The van der Waals surface area contributed by atoms with Gasteiger partial charge >= 0.3 is 21.6 Å². The van der Waals surface area contributed by atoms with E-state index in [1.807, 2.05) is 0 Å². The molecule has 0 amide bonds. The summed E-state index contributed by atoms with van der Waals surface area (Å²) >= 11 is 0. The lowest BCUT2D eigenvalue weighted by Crippen LogP contribution is -2.28. The Morgan fingerprint density at radius 2 is 1.84 bits per heavy atom. The Morgan fingerprint density at radius 1 is 1.12 bits per heavy atom. The highest BCUT2D eigenvalue weighted by Crippen LogP contribution is 2.31. The van der Waals surface area contributed by atoms with Crippen molar-refractivity contribution in [2.24, 2.45) is 0 Å². The second kappa shape index (κ2) is 5.92. The largest absolute Gasteiger partial charge is 0.534 e. The van der Waals surface area contributed by atoms with Crippen LogP contribution in [-0.2, 0) is 10.1 Å². The molecular formula is C14H10F3N3O4S. The summed E-state index contributed by atoms with van der Waals surface area (Å²) in [5.74, 6) is 0.506. The molecule has 0 aliphatic heterocycles. The van der Waals surface area contributed by atoms with Gasteiger partial charge in [0.05, 0.1) is 24.5 Å². The molecule has 3 rings (SSSR count). The zero-order chi connectivity index (χ0) is 18.2. The Hall–Kier alpha value is -2.82. The minimum Gasteiger partial charge on any atom is -0.496 e. The fraction of sp³-hybridized carbons (Fsp3) is 0.143. The van der Waals surface area contributed by atoms with Crippen LogP contribution in [0, 0.1) is 0 Å². The van der Waals surface area contributed by atoms with Crippen LogP contribution in [0.5, 0.6) is 11.8 Å². The van der Waals surface area contributed by atoms with Gasteiger partial charge < -0.3 is 8.92 Å². The zero-order valence-electron chi connectivity index (χ0n) is 12.6. The fourth-order valence-electron chi connectivity index (χ4n) is 2.13. The third kappa shape index (κ3) is 3.09. The molecule has 0 radical (unpaired) electrons. The summed E-state index contributed by atoms with van der Waals surface area (Å²) < 4.78 is 69.9. The maximum atomic E-state index is 12.4. The van der Waals surface area contributed by atoms with Crippen molar-refractivity contribution < 1.29 is 30.5 Å². The average molecular weight is 373 g/mol. The molecule has 0 atom stereocenters. The molecular weight excluding hydrogens is 363 g/mol. The highest BCUT2D eigenvalue weighted by Gasteiger charge is 2.49. The van der Waals surface area contributed by atoms with Crippen LogP contribution in [-0.4, -0.2) is 35.6 Å². The van der Waals surface area contributed by atoms with Crippen molar-refractivity contribution in [3.05, 3.63) is 42.6 Å². The highest BCUT2D eigenvalue weighted by molar-refractivity contribution is 7.87. The standard InChI is InChI=1S/C14H10F3N3O4S/c1-23-12-5-3-2-4-10(12)11-7-6-9-8-18-13(19-20(9)11)24-25(21,22)14(15,16)17/h2-8H,1H3. The molecule has 0 saturated heterocycles.